The van der Waals surface area contributed by atoms with Crippen LogP contribution in [0.25, 0.3) is 0 Å². The fraction of sp³-hybridized carbons (Fsp3) is 0.818. The standard InChI is InChI=1S/C11H21NOS/c1-4-12-10-6-9-14-11(10,2)7-5-8-13-3/h6,9-10,12H,4-5,7-8H2,1-3H3. The predicted octanol–water partition coefficient (Wildman–Crippen LogP) is 2.41. The number of ether oxygens (including phenoxy) is 1. The van der Waals surface area contributed by atoms with Crippen LogP contribution in [0.3, 0.4) is 0 Å². The molecular formula is C11H21NOS. The summed E-state index contributed by atoms with van der Waals surface area (Å²) in [6, 6.07) is 0.523. The summed E-state index contributed by atoms with van der Waals surface area (Å²) in [6.45, 7) is 6.40. The molecule has 0 aromatic heterocycles. The molecule has 2 unspecified atom stereocenters. The molecule has 0 radical (unpaired) electrons. The first-order valence-corrected chi connectivity index (χ1v) is 6.17. The SMILES string of the molecule is CCNC1C=CSC1(C)CCCOC. The minimum atomic E-state index is 0.328. The van der Waals surface area contributed by atoms with E-state index >= 15 is 0 Å². The van der Waals surface area contributed by atoms with Gasteiger partial charge in [0, 0.05) is 24.5 Å². The Kier molecular flexibility index (Phi) is 4.99. The van der Waals surface area contributed by atoms with E-state index in [1.54, 1.807) is 7.11 Å². The Labute approximate surface area is 91.5 Å². The van der Waals surface area contributed by atoms with Crippen LogP contribution in [-0.2, 0) is 4.74 Å². The number of thioether (sulfide) groups is 1. The number of hydrogen-bond acceptors (Lipinski definition) is 3. The highest BCUT2D eigenvalue weighted by atomic mass is 32.2. The molecular weight excluding hydrogens is 194 g/mol. The molecule has 14 heavy (non-hydrogen) atoms. The maximum absolute atomic E-state index is 5.09. The second kappa shape index (κ2) is 5.79. The smallest absolute Gasteiger partial charge is 0.0462 e. The third-order valence-corrected chi connectivity index (χ3v) is 4.00. The molecule has 1 heterocycles. The molecule has 0 spiro atoms. The fourth-order valence-corrected chi connectivity index (χ4v) is 2.95. The molecule has 1 rings (SSSR count). The largest absolute Gasteiger partial charge is 0.385 e. The molecule has 2 nitrogen and oxygen atoms in total. The molecule has 0 saturated heterocycles. The quantitative estimate of drug-likeness (QED) is 0.688. The predicted molar refractivity (Wildman–Crippen MR) is 63.7 cm³/mol. The Bertz CT molecular complexity index is 196. The van der Waals surface area contributed by atoms with Crippen molar-refractivity contribution in [1.82, 2.24) is 5.32 Å². The van der Waals surface area contributed by atoms with E-state index in [2.05, 4.69) is 30.6 Å². The maximum atomic E-state index is 5.09. The van der Waals surface area contributed by atoms with Gasteiger partial charge in [-0.2, -0.15) is 0 Å². The van der Waals surface area contributed by atoms with E-state index in [0.717, 1.165) is 19.6 Å². The molecule has 0 aromatic carbocycles. The van der Waals surface area contributed by atoms with Gasteiger partial charge in [0.05, 0.1) is 0 Å². The van der Waals surface area contributed by atoms with Crippen molar-refractivity contribution >= 4 is 11.8 Å². The van der Waals surface area contributed by atoms with Crippen LogP contribution in [0.1, 0.15) is 26.7 Å². The van der Waals surface area contributed by atoms with Crippen molar-refractivity contribution < 1.29 is 4.74 Å². The molecule has 1 aliphatic heterocycles. The summed E-state index contributed by atoms with van der Waals surface area (Å²) in [4.78, 5) is 0. The first-order valence-electron chi connectivity index (χ1n) is 5.29. The van der Waals surface area contributed by atoms with Gasteiger partial charge in [0.25, 0.3) is 0 Å². The van der Waals surface area contributed by atoms with Gasteiger partial charge < -0.3 is 10.1 Å². The van der Waals surface area contributed by atoms with E-state index in [1.807, 2.05) is 11.8 Å². The number of likely N-dealkylation sites (N-methyl/N-ethyl adjacent to an activating group) is 1. The minimum absolute atomic E-state index is 0.328. The van der Waals surface area contributed by atoms with Crippen LogP contribution in [-0.4, -0.2) is 31.1 Å². The average Bonchev–Trinajstić information content (AvgIpc) is 2.50. The van der Waals surface area contributed by atoms with E-state index in [1.165, 1.54) is 6.42 Å². The number of nitrogens with one attached hydrogen (secondary N) is 1. The highest BCUT2D eigenvalue weighted by Crippen LogP contribution is 2.39. The lowest BCUT2D eigenvalue weighted by Crippen LogP contribution is -2.42. The van der Waals surface area contributed by atoms with Crippen LogP contribution < -0.4 is 5.32 Å². The highest BCUT2D eigenvalue weighted by molar-refractivity contribution is 8.03. The van der Waals surface area contributed by atoms with Crippen LogP contribution in [0.5, 0.6) is 0 Å². The molecule has 0 fully saturated rings. The molecule has 2 atom stereocenters. The zero-order chi connectivity index (χ0) is 10.4. The van der Waals surface area contributed by atoms with Crippen molar-refractivity contribution in [3.63, 3.8) is 0 Å². The maximum Gasteiger partial charge on any atom is 0.0462 e. The zero-order valence-electron chi connectivity index (χ0n) is 9.38. The van der Waals surface area contributed by atoms with Gasteiger partial charge in [-0.3, -0.25) is 0 Å². The zero-order valence-corrected chi connectivity index (χ0v) is 10.2. The van der Waals surface area contributed by atoms with E-state index in [4.69, 9.17) is 4.74 Å². The van der Waals surface area contributed by atoms with Gasteiger partial charge in [-0.15, -0.1) is 11.8 Å². The number of rotatable bonds is 6. The molecule has 3 heteroatoms. The van der Waals surface area contributed by atoms with Gasteiger partial charge in [-0.05, 0) is 31.7 Å². The molecule has 0 bridgehead atoms. The van der Waals surface area contributed by atoms with Crippen LogP contribution in [0.4, 0.5) is 0 Å². The highest BCUT2D eigenvalue weighted by Gasteiger charge is 2.35. The molecule has 1 N–H and O–H groups in total. The van der Waals surface area contributed by atoms with Crippen LogP contribution in [0, 0.1) is 0 Å². The van der Waals surface area contributed by atoms with Gasteiger partial charge in [-0.1, -0.05) is 13.0 Å². The van der Waals surface area contributed by atoms with E-state index < -0.39 is 0 Å². The minimum Gasteiger partial charge on any atom is -0.385 e. The Morgan fingerprint density at radius 3 is 3.00 bits per heavy atom. The van der Waals surface area contributed by atoms with Crippen LogP contribution in [0.2, 0.25) is 0 Å². The second-order valence-corrected chi connectivity index (χ2v) is 5.33. The van der Waals surface area contributed by atoms with Gasteiger partial charge in [0.1, 0.15) is 0 Å². The summed E-state index contributed by atoms with van der Waals surface area (Å²) in [7, 11) is 1.77. The number of methoxy groups -OCH3 is 1. The van der Waals surface area contributed by atoms with Crippen molar-refractivity contribution in [2.45, 2.75) is 37.5 Å². The number of hydrogen-bond donors (Lipinski definition) is 1. The second-order valence-electron chi connectivity index (χ2n) is 3.89. The topological polar surface area (TPSA) is 21.3 Å². The Morgan fingerprint density at radius 1 is 1.57 bits per heavy atom. The summed E-state index contributed by atoms with van der Waals surface area (Å²) in [5, 5.41) is 5.74. The Morgan fingerprint density at radius 2 is 2.36 bits per heavy atom. The van der Waals surface area contributed by atoms with Crippen LogP contribution in [0.15, 0.2) is 11.5 Å². The third-order valence-electron chi connectivity index (χ3n) is 2.71. The van der Waals surface area contributed by atoms with Gasteiger partial charge in [-0.25, -0.2) is 0 Å². The lowest BCUT2D eigenvalue weighted by molar-refractivity contribution is 0.188. The van der Waals surface area contributed by atoms with Crippen molar-refractivity contribution in [3.8, 4) is 0 Å². The van der Waals surface area contributed by atoms with Crippen LogP contribution >= 0.6 is 11.8 Å². The molecule has 0 aromatic rings. The molecule has 0 amide bonds. The first-order chi connectivity index (χ1) is 6.73. The summed E-state index contributed by atoms with van der Waals surface area (Å²) in [6.07, 6.45) is 4.63. The van der Waals surface area contributed by atoms with Gasteiger partial charge in [0.2, 0.25) is 0 Å². The molecule has 0 saturated carbocycles. The summed E-state index contributed by atoms with van der Waals surface area (Å²) in [5.41, 5.74) is 0. The molecule has 0 aliphatic carbocycles. The fourth-order valence-electron chi connectivity index (χ4n) is 1.84. The van der Waals surface area contributed by atoms with Crippen molar-refractivity contribution in [1.29, 1.82) is 0 Å². The van der Waals surface area contributed by atoms with Crippen molar-refractivity contribution in [2.24, 2.45) is 0 Å². The van der Waals surface area contributed by atoms with Gasteiger partial charge in [0.15, 0.2) is 0 Å². The molecule has 82 valence electrons. The van der Waals surface area contributed by atoms with E-state index in [9.17, 15) is 0 Å². The van der Waals surface area contributed by atoms with Crippen molar-refractivity contribution in [2.75, 3.05) is 20.3 Å². The van der Waals surface area contributed by atoms with E-state index in [-0.39, 0.29) is 0 Å². The monoisotopic (exact) mass is 215 g/mol. The summed E-state index contributed by atoms with van der Waals surface area (Å²) < 4.78 is 5.42. The van der Waals surface area contributed by atoms with Crippen molar-refractivity contribution in [3.05, 3.63) is 11.5 Å². The summed E-state index contributed by atoms with van der Waals surface area (Å²) >= 11 is 1.94. The lowest BCUT2D eigenvalue weighted by atomic mass is 9.96. The normalized spacial score (nSPS) is 31.2. The third kappa shape index (κ3) is 3.01. The Balaban J connectivity index is 2.38. The lowest BCUT2D eigenvalue weighted by Gasteiger charge is -2.31. The summed E-state index contributed by atoms with van der Waals surface area (Å²) in [5.74, 6) is 0. The Hall–Kier alpha value is 0.01000. The molecule has 1 aliphatic rings. The first kappa shape index (κ1) is 12.1. The average molecular weight is 215 g/mol. The van der Waals surface area contributed by atoms with E-state index in [0.29, 0.717) is 10.8 Å². The van der Waals surface area contributed by atoms with Gasteiger partial charge >= 0.3 is 0 Å².